The van der Waals surface area contributed by atoms with Gasteiger partial charge in [-0.1, -0.05) is 54.6 Å². The van der Waals surface area contributed by atoms with Gasteiger partial charge < -0.3 is 26.3 Å². The molecule has 5 aromatic rings. The molecule has 0 spiro atoms. The van der Waals surface area contributed by atoms with Crippen molar-refractivity contribution in [1.29, 1.82) is 5.41 Å². The van der Waals surface area contributed by atoms with Crippen LogP contribution in [0, 0.1) is 5.41 Å². The van der Waals surface area contributed by atoms with E-state index >= 15 is 0 Å². The average Bonchev–Trinajstić information content (AvgIpc) is 3.39. The molecule has 0 saturated carbocycles. The van der Waals surface area contributed by atoms with Crippen molar-refractivity contribution in [3.63, 3.8) is 0 Å². The molecule has 1 aliphatic rings. The van der Waals surface area contributed by atoms with Gasteiger partial charge in [0.15, 0.2) is 0 Å². The van der Waals surface area contributed by atoms with Gasteiger partial charge in [-0.15, -0.1) is 0 Å². The first-order valence-corrected chi connectivity index (χ1v) is 15.9. The molecule has 4 aromatic carbocycles. The largest absolute Gasteiger partial charge is 0.399 e. The number of fused-ring (bicyclic) bond motifs is 1. The zero-order valence-corrected chi connectivity index (χ0v) is 26.3. The number of nitrogens with zero attached hydrogens (tertiary/aromatic N) is 4. The molecule has 9 heteroatoms. The minimum absolute atomic E-state index is 0.0656. The van der Waals surface area contributed by atoms with Gasteiger partial charge >= 0.3 is 0 Å². The number of amidine groups is 1. The number of piperidine rings is 1. The van der Waals surface area contributed by atoms with Gasteiger partial charge in [0.25, 0.3) is 0 Å². The van der Waals surface area contributed by atoms with Crippen LogP contribution in [0.15, 0.2) is 97.1 Å². The molecule has 1 fully saturated rings. The van der Waals surface area contributed by atoms with Crippen molar-refractivity contribution in [2.75, 3.05) is 35.6 Å². The molecule has 0 unspecified atom stereocenters. The molecule has 0 radical (unpaired) electrons. The Kier molecular flexibility index (Phi) is 9.30. The predicted octanol–water partition coefficient (Wildman–Crippen LogP) is 5.33. The van der Waals surface area contributed by atoms with Crippen LogP contribution in [-0.2, 0) is 31.2 Å². The second-order valence-electron chi connectivity index (χ2n) is 12.2. The number of nitrogens with two attached hydrogens (primary N) is 2. The molecular weight excluding hydrogens is 572 g/mol. The van der Waals surface area contributed by atoms with Crippen LogP contribution in [-0.4, -0.2) is 51.9 Å². The summed E-state index contributed by atoms with van der Waals surface area (Å²) in [6.45, 7) is 2.55. The maximum absolute atomic E-state index is 14.0. The van der Waals surface area contributed by atoms with Crippen LogP contribution in [0.3, 0.4) is 0 Å². The lowest BCUT2D eigenvalue weighted by atomic mass is 10.0. The molecular formula is C37H42N8O. The van der Waals surface area contributed by atoms with Gasteiger partial charge in [-0.25, -0.2) is 4.98 Å². The Hall–Kier alpha value is -5.15. The summed E-state index contributed by atoms with van der Waals surface area (Å²) in [4.78, 5) is 23.1. The number of imidazole rings is 1. The summed E-state index contributed by atoms with van der Waals surface area (Å²) in [6, 6.07) is 32.4. The molecule has 9 nitrogen and oxygen atoms in total. The normalized spacial score (nSPS) is 13.9. The zero-order chi connectivity index (χ0) is 32.0. The number of hydrogen-bond donors (Lipinski definition) is 4. The average molecular weight is 615 g/mol. The highest BCUT2D eigenvalue weighted by Crippen LogP contribution is 2.26. The van der Waals surface area contributed by atoms with Gasteiger partial charge in [0.1, 0.15) is 11.7 Å². The van der Waals surface area contributed by atoms with E-state index in [9.17, 15) is 4.79 Å². The smallest absolute Gasteiger partial charge is 0.241 e. The Morgan fingerprint density at radius 1 is 0.935 bits per heavy atom. The van der Waals surface area contributed by atoms with Crippen LogP contribution in [0.2, 0.25) is 0 Å². The lowest BCUT2D eigenvalue weighted by molar-refractivity contribution is -0.120. The number of hydrogen-bond acceptors (Lipinski definition) is 6. The third kappa shape index (κ3) is 7.38. The molecule has 2 heterocycles. The first kappa shape index (κ1) is 30.9. The van der Waals surface area contributed by atoms with Gasteiger partial charge in [0, 0.05) is 55.2 Å². The van der Waals surface area contributed by atoms with Crippen LogP contribution in [0.25, 0.3) is 11.0 Å². The number of carbonyl (C=O) groups excluding carboxylic acids is 1. The first-order valence-electron chi connectivity index (χ1n) is 15.9. The van der Waals surface area contributed by atoms with Gasteiger partial charge in [0.2, 0.25) is 5.91 Å². The van der Waals surface area contributed by atoms with Crippen molar-refractivity contribution in [2.24, 2.45) is 12.8 Å². The van der Waals surface area contributed by atoms with E-state index in [1.807, 2.05) is 90.8 Å². The Labute approximate surface area is 270 Å². The van der Waals surface area contributed by atoms with Gasteiger partial charge in [-0.2, -0.15) is 0 Å². The van der Waals surface area contributed by atoms with E-state index in [-0.39, 0.29) is 11.7 Å². The summed E-state index contributed by atoms with van der Waals surface area (Å²) in [5.41, 5.74) is 19.0. The summed E-state index contributed by atoms with van der Waals surface area (Å²) >= 11 is 0. The van der Waals surface area contributed by atoms with Crippen molar-refractivity contribution < 1.29 is 4.79 Å². The molecule has 46 heavy (non-hydrogen) atoms. The molecule has 1 aliphatic heterocycles. The fourth-order valence-corrected chi connectivity index (χ4v) is 6.15. The lowest BCUT2D eigenvalue weighted by Gasteiger charge is -2.34. The molecule has 1 saturated heterocycles. The van der Waals surface area contributed by atoms with Crippen LogP contribution >= 0.6 is 0 Å². The van der Waals surface area contributed by atoms with Gasteiger partial charge in [0.05, 0.1) is 24.1 Å². The Morgan fingerprint density at radius 2 is 1.63 bits per heavy atom. The van der Waals surface area contributed by atoms with E-state index in [2.05, 4.69) is 33.0 Å². The number of amides is 1. The minimum Gasteiger partial charge on any atom is -0.399 e. The van der Waals surface area contributed by atoms with Crippen LogP contribution in [0.4, 0.5) is 17.1 Å². The lowest BCUT2D eigenvalue weighted by Crippen LogP contribution is -2.45. The minimum atomic E-state index is 0.0656. The topological polar surface area (TPSA) is 129 Å². The SMILES string of the molecule is Cn1c(CCc2ccc(C(=N)N)cc2)nc2cc(N(Cc3ccc(N)cc3)C(=O)CN3CCC(Nc4ccccc4)CC3)ccc21. The Morgan fingerprint density at radius 3 is 2.33 bits per heavy atom. The van der Waals surface area contributed by atoms with Crippen molar-refractivity contribution in [2.45, 2.75) is 38.3 Å². The summed E-state index contributed by atoms with van der Waals surface area (Å²) in [7, 11) is 2.04. The number of likely N-dealkylation sites (tertiary alicyclic amines) is 1. The number of benzene rings is 4. The maximum atomic E-state index is 14.0. The molecule has 1 amide bonds. The van der Waals surface area contributed by atoms with Crippen molar-refractivity contribution >= 4 is 39.8 Å². The fourth-order valence-electron chi connectivity index (χ4n) is 6.15. The number of para-hydroxylation sites is 1. The third-order valence-corrected chi connectivity index (χ3v) is 8.88. The predicted molar refractivity (Wildman–Crippen MR) is 187 cm³/mol. The summed E-state index contributed by atoms with van der Waals surface area (Å²) in [5, 5.41) is 11.2. The Balaban J connectivity index is 1.17. The van der Waals surface area contributed by atoms with E-state index in [4.69, 9.17) is 21.9 Å². The van der Waals surface area contributed by atoms with Gasteiger partial charge in [-0.05, 0) is 72.9 Å². The highest BCUT2D eigenvalue weighted by molar-refractivity contribution is 5.97. The molecule has 236 valence electrons. The van der Waals surface area contributed by atoms with Crippen molar-refractivity contribution in [3.05, 3.63) is 120 Å². The number of aryl methyl sites for hydroxylation is 3. The number of anilines is 3. The van der Waals surface area contributed by atoms with Crippen molar-refractivity contribution in [1.82, 2.24) is 14.5 Å². The fraction of sp³-hybridized carbons (Fsp3) is 0.270. The standard InChI is InChI=1S/C37H42N8O/c1-43-34-17-16-32(23-33(34)42-35(43)18-11-26-7-12-28(13-8-26)37(39)40)45(24-27-9-14-29(38)15-10-27)36(46)25-44-21-19-31(20-22-44)41-30-5-3-2-4-6-30/h2-10,12-17,23,31,41H,11,18-22,24-25,38H2,1H3,(H3,39,40). The molecule has 0 atom stereocenters. The van der Waals surface area contributed by atoms with Crippen LogP contribution in [0.1, 0.15) is 35.4 Å². The quantitative estimate of drug-likeness (QED) is 0.0904. The van der Waals surface area contributed by atoms with E-state index in [0.717, 1.165) is 83.7 Å². The van der Waals surface area contributed by atoms with Gasteiger partial charge in [-0.3, -0.25) is 15.1 Å². The molecule has 0 bridgehead atoms. The molecule has 1 aromatic heterocycles. The number of aromatic nitrogens is 2. The first-order chi connectivity index (χ1) is 22.3. The van der Waals surface area contributed by atoms with Crippen molar-refractivity contribution in [3.8, 4) is 0 Å². The highest BCUT2D eigenvalue weighted by atomic mass is 16.2. The number of nitrogen functional groups attached to an aromatic ring is 2. The number of rotatable bonds is 11. The third-order valence-electron chi connectivity index (χ3n) is 8.88. The summed E-state index contributed by atoms with van der Waals surface area (Å²) < 4.78 is 2.13. The van der Waals surface area contributed by atoms with Crippen LogP contribution < -0.4 is 21.7 Å². The second kappa shape index (κ2) is 13.9. The van der Waals surface area contributed by atoms with E-state index < -0.39 is 0 Å². The van der Waals surface area contributed by atoms with E-state index in [1.54, 1.807) is 0 Å². The second-order valence-corrected chi connectivity index (χ2v) is 12.2. The number of carbonyl (C=O) groups is 1. The monoisotopic (exact) mass is 614 g/mol. The van der Waals surface area contributed by atoms with Crippen LogP contribution in [0.5, 0.6) is 0 Å². The molecule has 0 aliphatic carbocycles. The highest BCUT2D eigenvalue weighted by Gasteiger charge is 2.25. The van der Waals surface area contributed by atoms with E-state index in [1.165, 1.54) is 0 Å². The maximum Gasteiger partial charge on any atom is 0.241 e. The zero-order valence-electron chi connectivity index (χ0n) is 26.3. The Bertz CT molecular complexity index is 1790. The molecule has 6 rings (SSSR count). The van der Waals surface area contributed by atoms with E-state index in [0.29, 0.717) is 24.8 Å². The summed E-state index contributed by atoms with van der Waals surface area (Å²) in [6.07, 6.45) is 3.57. The number of nitrogens with one attached hydrogen (secondary N) is 2. The molecule has 6 N–H and O–H groups in total. The summed E-state index contributed by atoms with van der Waals surface area (Å²) in [5.74, 6) is 1.12.